The van der Waals surface area contributed by atoms with Crippen molar-refractivity contribution in [2.45, 2.75) is 77.0 Å². The molecule has 0 aliphatic carbocycles. The van der Waals surface area contributed by atoms with E-state index in [1.165, 1.54) is 24.3 Å². The summed E-state index contributed by atoms with van der Waals surface area (Å²) < 4.78 is 10.3. The van der Waals surface area contributed by atoms with Crippen LogP contribution in [0.4, 0.5) is 0 Å². The maximum absolute atomic E-state index is 10.8. The minimum absolute atomic E-state index is 0.0781. The molecule has 2 heterocycles. The zero-order chi connectivity index (χ0) is 22.1. The maximum Gasteiger partial charge on any atom is 0.139 e. The van der Waals surface area contributed by atoms with Gasteiger partial charge >= 0.3 is 0 Å². The van der Waals surface area contributed by atoms with Gasteiger partial charge in [-0.15, -0.1) is 5.06 Å². The number of hydroxylamine groups is 2. The maximum atomic E-state index is 10.8. The summed E-state index contributed by atoms with van der Waals surface area (Å²) >= 11 is 7.61. The predicted octanol–water partition coefficient (Wildman–Crippen LogP) is 5.86. The van der Waals surface area contributed by atoms with E-state index in [4.69, 9.17) is 21.3 Å². The molecular formula is C23H37ClN4O2S. The van der Waals surface area contributed by atoms with E-state index in [0.717, 1.165) is 74.7 Å². The molecule has 0 bridgehead atoms. The Morgan fingerprint density at radius 2 is 1.84 bits per heavy atom. The highest BCUT2D eigenvalue weighted by Crippen LogP contribution is 2.33. The van der Waals surface area contributed by atoms with Crippen LogP contribution in [0.25, 0.3) is 0 Å². The summed E-state index contributed by atoms with van der Waals surface area (Å²) in [5.41, 5.74) is 1.10. The molecule has 0 aromatic heterocycles. The van der Waals surface area contributed by atoms with Gasteiger partial charge in [-0.3, -0.25) is 4.99 Å². The minimum atomic E-state index is -0.0866. The molecule has 31 heavy (non-hydrogen) atoms. The fraction of sp³-hybridized carbons (Fsp3) is 0.696. The molecule has 0 saturated carbocycles. The van der Waals surface area contributed by atoms with Gasteiger partial charge in [0.05, 0.1) is 18.9 Å². The topological polar surface area (TPSA) is 51.5 Å². The molecule has 2 aliphatic heterocycles. The molecule has 3 rings (SSSR count). The second-order valence-electron chi connectivity index (χ2n) is 8.43. The van der Waals surface area contributed by atoms with Gasteiger partial charge in [-0.25, -0.2) is 8.61 Å². The van der Waals surface area contributed by atoms with Gasteiger partial charge in [0.25, 0.3) is 0 Å². The molecule has 2 aliphatic rings. The van der Waals surface area contributed by atoms with E-state index in [-0.39, 0.29) is 12.3 Å². The van der Waals surface area contributed by atoms with Crippen LogP contribution >= 0.6 is 23.7 Å². The smallest absolute Gasteiger partial charge is 0.139 e. The Balaban J connectivity index is 1.35. The molecule has 1 aromatic carbocycles. The highest BCUT2D eigenvalue weighted by atomic mass is 35.5. The van der Waals surface area contributed by atoms with Crippen LogP contribution in [-0.4, -0.2) is 63.7 Å². The van der Waals surface area contributed by atoms with Crippen molar-refractivity contribution in [3.05, 3.63) is 29.3 Å². The molecule has 1 aromatic rings. The summed E-state index contributed by atoms with van der Waals surface area (Å²) in [7, 11) is 2.10. The third-order valence-electron chi connectivity index (χ3n) is 5.74. The fourth-order valence-corrected chi connectivity index (χ4v) is 5.28. The van der Waals surface area contributed by atoms with Crippen molar-refractivity contribution < 1.29 is 9.94 Å². The van der Waals surface area contributed by atoms with Crippen LogP contribution in [0.1, 0.15) is 64.7 Å². The Hall–Kier alpha value is -0.830. The number of aliphatic imine (C=N–C) groups is 1. The van der Waals surface area contributed by atoms with Crippen LogP contribution in [0, 0.1) is 0 Å². The lowest BCUT2D eigenvalue weighted by Gasteiger charge is -2.39. The number of hydrogen-bond acceptors (Lipinski definition) is 7. The molecule has 1 saturated heterocycles. The van der Waals surface area contributed by atoms with Crippen molar-refractivity contribution in [1.29, 1.82) is 0 Å². The second-order valence-corrected chi connectivity index (χ2v) is 10.1. The second kappa shape index (κ2) is 13.0. The van der Waals surface area contributed by atoms with E-state index in [2.05, 4.69) is 22.6 Å². The van der Waals surface area contributed by atoms with Crippen molar-refractivity contribution in [2.24, 2.45) is 4.99 Å². The third-order valence-corrected chi connectivity index (χ3v) is 6.99. The van der Waals surface area contributed by atoms with E-state index >= 15 is 0 Å². The molecule has 1 N–H and O–H groups in total. The summed E-state index contributed by atoms with van der Waals surface area (Å²) in [5.74, 6) is 0.873. The molecule has 0 radical (unpaired) electrons. The van der Waals surface area contributed by atoms with E-state index < -0.39 is 0 Å². The highest BCUT2D eigenvalue weighted by Gasteiger charge is 2.43. The predicted molar refractivity (Wildman–Crippen MR) is 130 cm³/mol. The third kappa shape index (κ3) is 7.62. The molecule has 6 nitrogen and oxygen atoms in total. The van der Waals surface area contributed by atoms with Crippen LogP contribution in [-0.2, 0) is 0 Å². The zero-order valence-corrected chi connectivity index (χ0v) is 20.5. The molecule has 0 spiro atoms. The lowest BCUT2D eigenvalue weighted by Crippen LogP contribution is -2.53. The molecule has 2 unspecified atom stereocenters. The SMILES string of the molecule is CCCCCCC1N=C2CN(C)SN(CCCCCCOc3ccc(Cl)cc3)C2N1O. The summed E-state index contributed by atoms with van der Waals surface area (Å²) in [4.78, 5) is 4.86. The normalized spacial score (nSPS) is 22.5. The van der Waals surface area contributed by atoms with Gasteiger partial charge in [-0.05, 0) is 57.0 Å². The molecule has 8 heteroatoms. The molecule has 0 amide bonds. The van der Waals surface area contributed by atoms with E-state index in [9.17, 15) is 5.21 Å². The first-order valence-electron chi connectivity index (χ1n) is 11.7. The quantitative estimate of drug-likeness (QED) is 0.289. The van der Waals surface area contributed by atoms with Crippen LogP contribution in [0.2, 0.25) is 5.02 Å². The van der Waals surface area contributed by atoms with Gasteiger partial charge < -0.3 is 9.94 Å². The Morgan fingerprint density at radius 1 is 1.10 bits per heavy atom. The average Bonchev–Trinajstić information content (AvgIpc) is 3.07. The van der Waals surface area contributed by atoms with Gasteiger partial charge in [0, 0.05) is 23.7 Å². The Labute approximate surface area is 196 Å². The van der Waals surface area contributed by atoms with Crippen LogP contribution in [0.5, 0.6) is 5.75 Å². The first-order valence-corrected chi connectivity index (χ1v) is 12.8. The van der Waals surface area contributed by atoms with Gasteiger partial charge in [0.15, 0.2) is 0 Å². The monoisotopic (exact) mass is 468 g/mol. The first-order chi connectivity index (χ1) is 15.1. The van der Waals surface area contributed by atoms with Crippen LogP contribution in [0.15, 0.2) is 29.3 Å². The lowest BCUT2D eigenvalue weighted by molar-refractivity contribution is -0.154. The molecule has 1 fully saturated rings. The molecule has 2 atom stereocenters. The summed E-state index contributed by atoms with van der Waals surface area (Å²) in [6.07, 6.45) is 10.0. The number of unbranched alkanes of at least 4 members (excludes halogenated alkanes) is 6. The number of fused-ring (bicyclic) bond motifs is 1. The number of rotatable bonds is 13. The fourth-order valence-electron chi connectivity index (χ4n) is 4.09. The van der Waals surface area contributed by atoms with Crippen LogP contribution < -0.4 is 4.74 Å². The van der Waals surface area contributed by atoms with E-state index in [0.29, 0.717) is 0 Å². The number of nitrogens with zero attached hydrogens (tertiary/aromatic N) is 4. The van der Waals surface area contributed by atoms with Crippen molar-refractivity contribution in [3.63, 3.8) is 0 Å². The Morgan fingerprint density at radius 3 is 2.61 bits per heavy atom. The van der Waals surface area contributed by atoms with E-state index in [1.807, 2.05) is 24.3 Å². The minimum Gasteiger partial charge on any atom is -0.494 e. The summed E-state index contributed by atoms with van der Waals surface area (Å²) in [5, 5.41) is 13.0. The standard InChI is InChI=1S/C23H37ClN4O2S/c1-3-4-5-8-11-22-25-21-18-26(2)31-27(23(21)28(22)29)16-9-6-7-10-17-30-20-14-12-19(24)13-15-20/h12-15,22-23,29H,3-11,16-18H2,1-2H3. The average molecular weight is 469 g/mol. The van der Waals surface area contributed by atoms with E-state index in [1.54, 1.807) is 12.1 Å². The Kier molecular flexibility index (Phi) is 10.4. The Bertz CT molecular complexity index is 691. The molecule has 174 valence electrons. The van der Waals surface area contributed by atoms with Gasteiger partial charge in [0.1, 0.15) is 18.1 Å². The number of halogens is 1. The van der Waals surface area contributed by atoms with Gasteiger partial charge in [0.2, 0.25) is 0 Å². The lowest BCUT2D eigenvalue weighted by atomic mass is 10.1. The molecular weight excluding hydrogens is 432 g/mol. The summed E-state index contributed by atoms with van der Waals surface area (Å²) in [6, 6.07) is 7.52. The number of benzene rings is 1. The van der Waals surface area contributed by atoms with Crippen molar-refractivity contribution in [3.8, 4) is 5.75 Å². The first kappa shape index (κ1) is 24.8. The van der Waals surface area contributed by atoms with Gasteiger partial charge in [-0.2, -0.15) is 0 Å². The van der Waals surface area contributed by atoms with Crippen molar-refractivity contribution in [2.75, 3.05) is 26.7 Å². The van der Waals surface area contributed by atoms with Crippen molar-refractivity contribution in [1.82, 2.24) is 13.7 Å². The zero-order valence-electron chi connectivity index (χ0n) is 18.9. The van der Waals surface area contributed by atoms with Gasteiger partial charge in [-0.1, -0.05) is 50.6 Å². The summed E-state index contributed by atoms with van der Waals surface area (Å²) in [6.45, 7) is 4.71. The number of ether oxygens (including phenoxy) is 1. The largest absolute Gasteiger partial charge is 0.494 e. The van der Waals surface area contributed by atoms with Crippen LogP contribution in [0.3, 0.4) is 0 Å². The highest BCUT2D eigenvalue weighted by molar-refractivity contribution is 7.94. The van der Waals surface area contributed by atoms with Crippen molar-refractivity contribution >= 4 is 29.4 Å². The number of hydrogen-bond donors (Lipinski definition) is 1.